The maximum absolute atomic E-state index is 12.5. The van der Waals surface area contributed by atoms with Crippen molar-refractivity contribution in [1.29, 1.82) is 0 Å². The summed E-state index contributed by atoms with van der Waals surface area (Å²) in [7, 11) is 0. The third-order valence-corrected chi connectivity index (χ3v) is 9.61. The van der Waals surface area contributed by atoms with Crippen molar-refractivity contribution in [3.05, 3.63) is 0 Å². The molecular weight excluding hydrogens is 612 g/mol. The first kappa shape index (κ1) is 47.4. The van der Waals surface area contributed by atoms with Crippen molar-refractivity contribution >= 4 is 17.9 Å². The van der Waals surface area contributed by atoms with E-state index < -0.39 is 6.10 Å². The van der Waals surface area contributed by atoms with E-state index in [-0.39, 0.29) is 31.1 Å². The maximum Gasteiger partial charge on any atom is 0.306 e. The van der Waals surface area contributed by atoms with Gasteiger partial charge in [-0.15, -0.1) is 0 Å². The minimum Gasteiger partial charge on any atom is -0.462 e. The molecule has 0 radical (unpaired) electrons. The number of ether oxygens (including phenoxy) is 3. The van der Waals surface area contributed by atoms with Crippen LogP contribution in [0.3, 0.4) is 0 Å². The predicted octanol–water partition coefficient (Wildman–Crippen LogP) is 13.3. The van der Waals surface area contributed by atoms with Gasteiger partial charge in [-0.05, 0) is 19.3 Å². The molecule has 0 aromatic rings. The zero-order chi connectivity index (χ0) is 35.9. The molecule has 0 N–H and O–H groups in total. The molecule has 0 rings (SSSR count). The predicted molar refractivity (Wildman–Crippen MR) is 206 cm³/mol. The molecule has 1 atom stereocenters. The van der Waals surface area contributed by atoms with E-state index >= 15 is 0 Å². The van der Waals surface area contributed by atoms with Crippen molar-refractivity contribution in [2.24, 2.45) is 0 Å². The SMILES string of the molecule is CCCCCCCCCCCCCCCCC(=O)OC[C@@H](COC(=O)CCCCCCCCCCCCCC)OC(=O)CCCCCCC. The second kappa shape index (κ2) is 39.2. The van der Waals surface area contributed by atoms with Gasteiger partial charge < -0.3 is 14.2 Å². The van der Waals surface area contributed by atoms with E-state index in [1.54, 1.807) is 0 Å². The number of carbonyl (C=O) groups is 3. The van der Waals surface area contributed by atoms with Crippen LogP contribution in [0.15, 0.2) is 0 Å². The van der Waals surface area contributed by atoms with Crippen LogP contribution in [0.5, 0.6) is 0 Å². The second-order valence-electron chi connectivity index (χ2n) is 14.6. The van der Waals surface area contributed by atoms with Gasteiger partial charge in [0.25, 0.3) is 0 Å². The largest absolute Gasteiger partial charge is 0.462 e. The van der Waals surface area contributed by atoms with E-state index in [0.29, 0.717) is 19.3 Å². The number of esters is 3. The Hall–Kier alpha value is -1.59. The van der Waals surface area contributed by atoms with Gasteiger partial charge in [0.2, 0.25) is 0 Å². The van der Waals surface area contributed by atoms with Crippen molar-refractivity contribution < 1.29 is 28.6 Å². The normalized spacial score (nSPS) is 11.8. The van der Waals surface area contributed by atoms with Gasteiger partial charge >= 0.3 is 17.9 Å². The highest BCUT2D eigenvalue weighted by molar-refractivity contribution is 5.71. The highest BCUT2D eigenvalue weighted by atomic mass is 16.6. The summed E-state index contributed by atoms with van der Waals surface area (Å²) in [6.45, 7) is 6.56. The highest BCUT2D eigenvalue weighted by Crippen LogP contribution is 2.15. The molecule has 0 amide bonds. The Bertz CT molecular complexity index is 723. The first-order valence-corrected chi connectivity index (χ1v) is 21.5. The number of hydrogen-bond acceptors (Lipinski definition) is 6. The third-order valence-electron chi connectivity index (χ3n) is 9.61. The zero-order valence-electron chi connectivity index (χ0n) is 33.0. The van der Waals surface area contributed by atoms with Gasteiger partial charge in [-0.1, -0.05) is 201 Å². The van der Waals surface area contributed by atoms with Crippen LogP contribution in [0.4, 0.5) is 0 Å². The van der Waals surface area contributed by atoms with Crippen LogP contribution in [0.25, 0.3) is 0 Å². The molecule has 49 heavy (non-hydrogen) atoms. The molecule has 0 saturated carbocycles. The van der Waals surface area contributed by atoms with Gasteiger partial charge in [0.05, 0.1) is 0 Å². The molecule has 6 nitrogen and oxygen atoms in total. The second-order valence-corrected chi connectivity index (χ2v) is 14.6. The van der Waals surface area contributed by atoms with Crippen LogP contribution < -0.4 is 0 Å². The van der Waals surface area contributed by atoms with Gasteiger partial charge in [-0.2, -0.15) is 0 Å². The van der Waals surface area contributed by atoms with E-state index in [9.17, 15) is 14.4 Å². The Morgan fingerprint density at radius 3 is 0.816 bits per heavy atom. The maximum atomic E-state index is 12.5. The number of hydrogen-bond donors (Lipinski definition) is 0. The molecule has 0 aromatic carbocycles. The summed E-state index contributed by atoms with van der Waals surface area (Å²) in [6, 6.07) is 0. The Balaban J connectivity index is 4.16. The number of unbranched alkanes of at least 4 members (excludes halogenated alkanes) is 28. The Kier molecular flexibility index (Phi) is 37.9. The number of carbonyl (C=O) groups excluding carboxylic acids is 3. The van der Waals surface area contributed by atoms with Crippen molar-refractivity contribution in [2.75, 3.05) is 13.2 Å². The first-order chi connectivity index (χ1) is 24.0. The van der Waals surface area contributed by atoms with E-state index in [0.717, 1.165) is 64.2 Å². The van der Waals surface area contributed by atoms with E-state index in [2.05, 4.69) is 20.8 Å². The molecule has 290 valence electrons. The lowest BCUT2D eigenvalue weighted by Crippen LogP contribution is -2.30. The summed E-state index contributed by atoms with van der Waals surface area (Å²) in [5.74, 6) is -0.870. The molecule has 0 unspecified atom stereocenters. The van der Waals surface area contributed by atoms with Crippen molar-refractivity contribution in [3.63, 3.8) is 0 Å². The molecule has 0 heterocycles. The minimum absolute atomic E-state index is 0.0646. The van der Waals surface area contributed by atoms with Crippen LogP contribution >= 0.6 is 0 Å². The smallest absolute Gasteiger partial charge is 0.306 e. The Labute approximate surface area is 304 Å². The molecule has 0 aliphatic rings. The van der Waals surface area contributed by atoms with Crippen LogP contribution in [0, 0.1) is 0 Å². The lowest BCUT2D eigenvalue weighted by molar-refractivity contribution is -0.167. The first-order valence-electron chi connectivity index (χ1n) is 21.5. The fourth-order valence-corrected chi connectivity index (χ4v) is 6.32. The van der Waals surface area contributed by atoms with E-state index in [1.165, 1.54) is 135 Å². The zero-order valence-corrected chi connectivity index (χ0v) is 33.0. The van der Waals surface area contributed by atoms with Crippen molar-refractivity contribution in [1.82, 2.24) is 0 Å². The molecule has 0 aromatic heterocycles. The summed E-state index contributed by atoms with van der Waals surface area (Å²) in [4.78, 5) is 37.3. The fourth-order valence-electron chi connectivity index (χ4n) is 6.32. The molecule has 0 bridgehead atoms. The van der Waals surface area contributed by atoms with Gasteiger partial charge in [-0.25, -0.2) is 0 Å². The molecule has 0 spiro atoms. The summed E-state index contributed by atoms with van der Waals surface area (Å²) < 4.78 is 16.6. The monoisotopic (exact) mass is 695 g/mol. The lowest BCUT2D eigenvalue weighted by Gasteiger charge is -2.18. The van der Waals surface area contributed by atoms with Gasteiger partial charge in [0.1, 0.15) is 13.2 Å². The lowest BCUT2D eigenvalue weighted by atomic mass is 10.0. The summed E-state index contributed by atoms with van der Waals surface area (Å²) in [6.07, 6.45) is 38.2. The highest BCUT2D eigenvalue weighted by Gasteiger charge is 2.19. The number of rotatable bonds is 39. The van der Waals surface area contributed by atoms with Crippen LogP contribution in [0.1, 0.15) is 239 Å². The Morgan fingerprint density at radius 1 is 0.327 bits per heavy atom. The van der Waals surface area contributed by atoms with Gasteiger partial charge in [0, 0.05) is 19.3 Å². The molecule has 6 heteroatoms. The van der Waals surface area contributed by atoms with Gasteiger partial charge in [-0.3, -0.25) is 14.4 Å². The Morgan fingerprint density at radius 2 is 0.551 bits per heavy atom. The molecular formula is C43H82O6. The van der Waals surface area contributed by atoms with Gasteiger partial charge in [0.15, 0.2) is 6.10 Å². The van der Waals surface area contributed by atoms with E-state index in [1.807, 2.05) is 0 Å². The molecule has 0 aliphatic heterocycles. The summed E-state index contributed by atoms with van der Waals surface area (Å²) >= 11 is 0. The van der Waals surface area contributed by atoms with E-state index in [4.69, 9.17) is 14.2 Å². The average Bonchev–Trinajstić information content (AvgIpc) is 3.09. The average molecular weight is 695 g/mol. The molecule has 0 aliphatic carbocycles. The van der Waals surface area contributed by atoms with Crippen LogP contribution in [0.2, 0.25) is 0 Å². The van der Waals surface area contributed by atoms with Crippen molar-refractivity contribution in [2.45, 2.75) is 245 Å². The topological polar surface area (TPSA) is 78.9 Å². The fraction of sp³-hybridized carbons (Fsp3) is 0.930. The van der Waals surface area contributed by atoms with Crippen LogP contribution in [-0.4, -0.2) is 37.2 Å². The minimum atomic E-state index is -0.755. The standard InChI is InChI=1S/C43H82O6/c1-4-7-10-13-15-17-19-21-22-24-26-28-31-33-36-42(45)48-39-40(49-43(46)37-34-29-12-9-6-3)38-47-41(44)35-32-30-27-25-23-20-18-16-14-11-8-5-2/h40H,4-39H2,1-3H3/t40-/m1/s1. The quantitative estimate of drug-likeness (QED) is 0.0362. The third kappa shape index (κ3) is 37.5. The molecule has 0 saturated heterocycles. The summed E-state index contributed by atoms with van der Waals surface area (Å²) in [5.41, 5.74) is 0. The van der Waals surface area contributed by atoms with Crippen LogP contribution in [-0.2, 0) is 28.6 Å². The van der Waals surface area contributed by atoms with Crippen molar-refractivity contribution in [3.8, 4) is 0 Å². The summed E-state index contributed by atoms with van der Waals surface area (Å²) in [5, 5.41) is 0. The molecule has 0 fully saturated rings.